The lowest BCUT2D eigenvalue weighted by Gasteiger charge is -2.26. The number of phenolic OH excluding ortho intramolecular Hbond substituents is 1. The lowest BCUT2D eigenvalue weighted by Crippen LogP contribution is -2.22. The first kappa shape index (κ1) is 28.1. The van der Waals surface area contributed by atoms with E-state index in [0.717, 1.165) is 28.5 Å². The van der Waals surface area contributed by atoms with E-state index in [1.54, 1.807) is 31.2 Å². The van der Waals surface area contributed by atoms with Gasteiger partial charge >= 0.3 is 0 Å². The molecule has 0 saturated heterocycles. The van der Waals surface area contributed by atoms with E-state index in [9.17, 15) is 28.0 Å². The minimum absolute atomic E-state index is 0.0787. The number of rotatable bonds is 10. The van der Waals surface area contributed by atoms with Gasteiger partial charge in [0.2, 0.25) is 0 Å². The Balaban J connectivity index is 2.00. The molecule has 198 valence electrons. The Labute approximate surface area is 216 Å². The van der Waals surface area contributed by atoms with Gasteiger partial charge < -0.3 is 10.2 Å². The highest BCUT2D eigenvalue weighted by atomic mass is 32.2. The maximum absolute atomic E-state index is 12.9. The molecule has 0 bridgehead atoms. The molecule has 37 heavy (non-hydrogen) atoms. The fourth-order valence-electron chi connectivity index (χ4n) is 4.66. The second kappa shape index (κ2) is 11.7. The Morgan fingerprint density at radius 3 is 1.92 bits per heavy atom. The van der Waals surface area contributed by atoms with Crippen LogP contribution >= 0.6 is 0 Å². The topological polar surface area (TPSA) is 142 Å². The lowest BCUT2D eigenvalue weighted by atomic mass is 9.78. The molecular formula is C27H33N3O6S. The summed E-state index contributed by atoms with van der Waals surface area (Å²) >= 11 is 0. The van der Waals surface area contributed by atoms with Gasteiger partial charge in [-0.3, -0.25) is 13.9 Å². The van der Waals surface area contributed by atoms with Crippen LogP contribution in [-0.4, -0.2) is 27.8 Å². The van der Waals surface area contributed by atoms with E-state index in [2.05, 4.69) is 24.1 Å². The summed E-state index contributed by atoms with van der Waals surface area (Å²) < 4.78 is 33.2. The summed E-state index contributed by atoms with van der Waals surface area (Å²) in [6.07, 6.45) is 1.97. The van der Waals surface area contributed by atoms with Crippen molar-refractivity contribution >= 4 is 21.5 Å². The van der Waals surface area contributed by atoms with Gasteiger partial charge in [-0.2, -0.15) is 13.5 Å². The Morgan fingerprint density at radius 1 is 0.892 bits per heavy atom. The fourth-order valence-corrected chi connectivity index (χ4v) is 5.37. The molecule has 0 amide bonds. The average molecular weight is 528 g/mol. The summed E-state index contributed by atoms with van der Waals surface area (Å²) in [6.45, 7) is 7.47. The van der Waals surface area contributed by atoms with Crippen LogP contribution in [0.15, 0.2) is 63.6 Å². The van der Waals surface area contributed by atoms with E-state index in [1.807, 2.05) is 24.3 Å². The molecule has 10 heteroatoms. The van der Waals surface area contributed by atoms with Crippen LogP contribution in [0.1, 0.15) is 61.8 Å². The molecule has 1 atom stereocenters. The number of phenols is 1. The first-order valence-electron chi connectivity index (χ1n) is 12.2. The van der Waals surface area contributed by atoms with Crippen LogP contribution in [0.2, 0.25) is 0 Å². The highest BCUT2D eigenvalue weighted by Gasteiger charge is 2.24. The lowest BCUT2D eigenvalue weighted by molar-refractivity contribution is 0.403. The van der Waals surface area contributed by atoms with Crippen molar-refractivity contribution in [3.05, 3.63) is 81.1 Å². The minimum Gasteiger partial charge on any atom is -0.508 e. The van der Waals surface area contributed by atoms with E-state index in [4.69, 9.17) is 0 Å². The van der Waals surface area contributed by atoms with Crippen LogP contribution in [0.3, 0.4) is 0 Å². The zero-order valence-corrected chi connectivity index (χ0v) is 22.2. The molecule has 0 aliphatic heterocycles. The number of hydrogen-bond donors (Lipinski definition) is 3. The molecule has 0 fully saturated rings. The monoisotopic (exact) mass is 527 g/mol. The quantitative estimate of drug-likeness (QED) is 0.219. The largest absolute Gasteiger partial charge is 0.508 e. The molecule has 1 heterocycles. The van der Waals surface area contributed by atoms with Crippen LogP contribution in [0.5, 0.6) is 11.6 Å². The molecule has 3 aromatic rings. The van der Waals surface area contributed by atoms with Crippen molar-refractivity contribution in [3.8, 4) is 11.6 Å². The van der Waals surface area contributed by atoms with Crippen molar-refractivity contribution < 1.29 is 23.2 Å². The standard InChI is InChI=1S/C27H33N3O6S/c1-5-18(6-2)24(20-10-14-22(31)15-11-20)19-8-12-21(13-9-19)28-29-25-17(4)23(16-37(34,35)36)26(32)30(7-3)27(25)33/h8-15,18,24,31-32H,5-7,16H2,1-4H3,(H,34,35,36). The highest BCUT2D eigenvalue weighted by Crippen LogP contribution is 2.37. The molecule has 0 radical (unpaired) electrons. The van der Waals surface area contributed by atoms with Gasteiger partial charge in [0, 0.05) is 18.0 Å². The Bertz CT molecular complexity index is 1420. The average Bonchev–Trinajstić information content (AvgIpc) is 2.86. The fraction of sp³-hybridized carbons (Fsp3) is 0.370. The molecule has 0 aliphatic rings. The molecule has 0 saturated carbocycles. The molecule has 3 N–H and O–H groups in total. The second-order valence-electron chi connectivity index (χ2n) is 8.99. The minimum atomic E-state index is -4.46. The highest BCUT2D eigenvalue weighted by molar-refractivity contribution is 7.85. The van der Waals surface area contributed by atoms with Gasteiger partial charge in [-0.1, -0.05) is 51.0 Å². The van der Waals surface area contributed by atoms with Crippen molar-refractivity contribution in [1.82, 2.24) is 4.57 Å². The van der Waals surface area contributed by atoms with Gasteiger partial charge in [-0.15, -0.1) is 5.11 Å². The van der Waals surface area contributed by atoms with E-state index < -0.39 is 27.3 Å². The summed E-state index contributed by atoms with van der Waals surface area (Å²) in [7, 11) is -4.46. The first-order valence-corrected chi connectivity index (χ1v) is 13.8. The Hall–Kier alpha value is -3.50. The summed E-state index contributed by atoms with van der Waals surface area (Å²) in [6, 6.07) is 14.7. The molecule has 0 aliphatic carbocycles. The molecule has 1 unspecified atom stereocenters. The van der Waals surface area contributed by atoms with Crippen LogP contribution in [-0.2, 0) is 22.4 Å². The number of azo groups is 1. The van der Waals surface area contributed by atoms with Crippen molar-refractivity contribution in [3.63, 3.8) is 0 Å². The maximum Gasteiger partial charge on any atom is 0.281 e. The summed E-state index contributed by atoms with van der Waals surface area (Å²) in [5.74, 6) is -0.635. The van der Waals surface area contributed by atoms with Crippen molar-refractivity contribution in [2.75, 3.05) is 0 Å². The number of hydrogen-bond acceptors (Lipinski definition) is 7. The number of aromatic hydroxyl groups is 2. The van der Waals surface area contributed by atoms with Crippen LogP contribution in [0.4, 0.5) is 11.4 Å². The zero-order valence-electron chi connectivity index (χ0n) is 21.4. The van der Waals surface area contributed by atoms with E-state index in [1.165, 1.54) is 6.92 Å². The third-order valence-corrected chi connectivity index (χ3v) is 7.37. The third kappa shape index (κ3) is 6.44. The predicted octanol–water partition coefficient (Wildman–Crippen LogP) is 5.96. The molecule has 0 spiro atoms. The van der Waals surface area contributed by atoms with E-state index in [-0.39, 0.29) is 35.0 Å². The predicted molar refractivity (Wildman–Crippen MR) is 143 cm³/mol. The van der Waals surface area contributed by atoms with Gasteiger partial charge in [0.1, 0.15) is 11.5 Å². The third-order valence-electron chi connectivity index (χ3n) is 6.71. The van der Waals surface area contributed by atoms with Gasteiger partial charge in [-0.25, -0.2) is 0 Å². The molecule has 2 aromatic carbocycles. The second-order valence-corrected chi connectivity index (χ2v) is 10.4. The number of aromatic nitrogens is 1. The summed E-state index contributed by atoms with van der Waals surface area (Å²) in [5, 5.41) is 28.4. The Kier molecular flexibility index (Phi) is 8.88. The maximum atomic E-state index is 12.9. The van der Waals surface area contributed by atoms with Crippen molar-refractivity contribution in [2.24, 2.45) is 16.1 Å². The summed E-state index contributed by atoms with van der Waals surface area (Å²) in [4.78, 5) is 12.9. The van der Waals surface area contributed by atoms with Gasteiger partial charge in [0.15, 0.2) is 11.6 Å². The molecule has 1 aromatic heterocycles. The molecule has 9 nitrogen and oxygen atoms in total. The summed E-state index contributed by atoms with van der Waals surface area (Å²) in [5.41, 5.74) is 1.99. The smallest absolute Gasteiger partial charge is 0.281 e. The first-order chi connectivity index (χ1) is 17.5. The normalized spacial score (nSPS) is 12.9. The Morgan fingerprint density at radius 2 is 1.43 bits per heavy atom. The van der Waals surface area contributed by atoms with E-state index >= 15 is 0 Å². The van der Waals surface area contributed by atoms with Gasteiger partial charge in [0.25, 0.3) is 15.7 Å². The van der Waals surface area contributed by atoms with Crippen molar-refractivity contribution in [1.29, 1.82) is 0 Å². The molecule has 3 rings (SSSR count). The number of benzene rings is 2. The van der Waals surface area contributed by atoms with Crippen LogP contribution in [0.25, 0.3) is 0 Å². The molecular weight excluding hydrogens is 494 g/mol. The zero-order chi connectivity index (χ0) is 27.3. The number of nitrogens with zero attached hydrogens (tertiary/aromatic N) is 3. The van der Waals surface area contributed by atoms with Gasteiger partial charge in [-0.05, 0) is 60.7 Å². The van der Waals surface area contributed by atoms with Crippen LogP contribution in [0, 0.1) is 12.8 Å². The number of pyridine rings is 1. The van der Waals surface area contributed by atoms with Crippen molar-refractivity contribution in [2.45, 2.75) is 58.8 Å². The SMILES string of the molecule is CCC(CC)C(c1ccc(O)cc1)c1ccc(N=Nc2c(C)c(CS(=O)(=O)O)c(O)n(CC)c2=O)cc1. The van der Waals surface area contributed by atoms with Crippen LogP contribution < -0.4 is 5.56 Å². The van der Waals surface area contributed by atoms with Gasteiger partial charge in [0.05, 0.1) is 5.69 Å². The van der Waals surface area contributed by atoms with E-state index in [0.29, 0.717) is 11.6 Å².